The third-order valence-corrected chi connectivity index (χ3v) is 5.29. The van der Waals surface area contributed by atoms with Gasteiger partial charge in [-0.15, -0.1) is 4.72 Å². The molecular formula is C16H21BF5NO5S. The lowest BCUT2D eigenvalue weighted by molar-refractivity contribution is -0.143. The quantitative estimate of drug-likeness (QED) is 0.256. The number of carbonyl (C=O) groups excluding carboxylic acids is 1. The highest BCUT2D eigenvalue weighted by Gasteiger charge is 2.42. The summed E-state index contributed by atoms with van der Waals surface area (Å²) in [5.74, 6) is -4.79. The van der Waals surface area contributed by atoms with Gasteiger partial charge in [0, 0.05) is 22.4 Å². The molecule has 3 N–H and O–H groups in total. The van der Waals surface area contributed by atoms with Gasteiger partial charge in [0.15, 0.2) is 0 Å². The molecule has 0 saturated heterocycles. The predicted octanol–water partition coefficient (Wildman–Crippen LogP) is 1.71. The van der Waals surface area contributed by atoms with E-state index in [1.165, 1.54) is 27.7 Å². The largest absolute Gasteiger partial charge is 0.598 e. The van der Waals surface area contributed by atoms with Crippen LogP contribution in [0, 0.1) is 11.6 Å². The van der Waals surface area contributed by atoms with E-state index in [0.717, 1.165) is 0 Å². The van der Waals surface area contributed by atoms with Crippen molar-refractivity contribution >= 4 is 29.9 Å². The molecule has 13 heteroatoms. The zero-order chi connectivity index (χ0) is 22.7. The molecule has 6 nitrogen and oxygen atoms in total. The van der Waals surface area contributed by atoms with Crippen LogP contribution in [0.3, 0.4) is 0 Å². The summed E-state index contributed by atoms with van der Waals surface area (Å²) in [5.41, 5.74) is -4.51. The second-order valence-electron chi connectivity index (χ2n) is 6.99. The van der Waals surface area contributed by atoms with E-state index in [-0.39, 0.29) is 12.7 Å². The van der Waals surface area contributed by atoms with E-state index >= 15 is 0 Å². The van der Waals surface area contributed by atoms with Crippen LogP contribution >= 0.6 is 0 Å². The maximum Gasteiger partial charge on any atom is 0.491 e. The van der Waals surface area contributed by atoms with Gasteiger partial charge in [0.25, 0.3) is 0 Å². The van der Waals surface area contributed by atoms with Crippen molar-refractivity contribution in [3.63, 3.8) is 0 Å². The van der Waals surface area contributed by atoms with Crippen LogP contribution in [0.2, 0.25) is 0 Å². The number of esters is 1. The molecule has 1 aromatic rings. The summed E-state index contributed by atoms with van der Waals surface area (Å²) in [6.45, 7) is 5.79. The van der Waals surface area contributed by atoms with Crippen LogP contribution in [0.4, 0.5) is 22.0 Å². The van der Waals surface area contributed by atoms with Gasteiger partial charge in [0.1, 0.15) is 16.4 Å². The van der Waals surface area contributed by atoms with E-state index in [9.17, 15) is 41.3 Å². The summed E-state index contributed by atoms with van der Waals surface area (Å²) in [5, 5.41) is 18.4. The summed E-state index contributed by atoms with van der Waals surface area (Å²) < 4.78 is 87.4. The Balaban J connectivity index is 3.67. The molecule has 0 aliphatic rings. The summed E-state index contributed by atoms with van der Waals surface area (Å²) in [7, 11) is -2.69. The fraction of sp³-hybridized carbons (Fsp3) is 0.562. The van der Waals surface area contributed by atoms with Crippen LogP contribution in [0.15, 0.2) is 6.07 Å². The monoisotopic (exact) mass is 445 g/mol. The van der Waals surface area contributed by atoms with Gasteiger partial charge in [-0.3, -0.25) is 4.79 Å². The third-order valence-electron chi connectivity index (χ3n) is 3.68. The van der Waals surface area contributed by atoms with Gasteiger partial charge < -0.3 is 19.3 Å². The second-order valence-corrected chi connectivity index (χ2v) is 8.99. The molecule has 29 heavy (non-hydrogen) atoms. The van der Waals surface area contributed by atoms with Crippen molar-refractivity contribution in [2.24, 2.45) is 0 Å². The van der Waals surface area contributed by atoms with Crippen molar-refractivity contribution in [1.29, 1.82) is 0 Å². The number of carbonyl (C=O) groups is 1. The van der Waals surface area contributed by atoms with E-state index in [1.807, 2.05) is 0 Å². The van der Waals surface area contributed by atoms with Gasteiger partial charge in [0.05, 0.1) is 24.6 Å². The average molecular weight is 445 g/mol. The minimum Gasteiger partial charge on any atom is -0.598 e. The van der Waals surface area contributed by atoms with Crippen LogP contribution in [0.1, 0.15) is 51.3 Å². The second kappa shape index (κ2) is 9.60. The summed E-state index contributed by atoms with van der Waals surface area (Å²) in [4.78, 5) is 11.9. The maximum atomic E-state index is 14.8. The van der Waals surface area contributed by atoms with E-state index in [4.69, 9.17) is 0 Å². The van der Waals surface area contributed by atoms with E-state index < -0.39 is 76.1 Å². The van der Waals surface area contributed by atoms with Gasteiger partial charge in [0.2, 0.25) is 0 Å². The van der Waals surface area contributed by atoms with Crippen molar-refractivity contribution in [3.8, 4) is 0 Å². The molecule has 0 saturated carbocycles. The fourth-order valence-electron chi connectivity index (χ4n) is 2.27. The molecular weight excluding hydrogens is 424 g/mol. The number of ether oxygens (including phenoxy) is 1. The first-order chi connectivity index (χ1) is 13.1. The molecule has 1 rings (SSSR count). The van der Waals surface area contributed by atoms with Gasteiger partial charge >= 0.3 is 19.3 Å². The number of benzene rings is 1. The van der Waals surface area contributed by atoms with Crippen molar-refractivity contribution in [2.45, 2.75) is 51.1 Å². The first-order valence-corrected chi connectivity index (χ1v) is 9.55. The lowest BCUT2D eigenvalue weighted by Gasteiger charge is -2.29. The van der Waals surface area contributed by atoms with Gasteiger partial charge in [-0.05, 0) is 33.8 Å². The number of hydrogen-bond donors (Lipinski definition) is 3. The standard InChI is InChI=1S/C16H21BF5NO5S/c1-5-28-11(24)7-10(23-29(27)15(2,3)4)12-13(18)8(16(20,21)22)6-9(14(12)19)17(25)26/h6,10,23,25-26H,5,7H2,1-4H3. The lowest BCUT2D eigenvalue weighted by Crippen LogP contribution is -2.44. The first-order valence-electron chi connectivity index (χ1n) is 8.40. The van der Waals surface area contributed by atoms with Crippen LogP contribution < -0.4 is 10.2 Å². The molecule has 2 unspecified atom stereocenters. The SMILES string of the molecule is CCOC(=O)CC(N[S+]([O-])C(C)(C)C)c1c(F)c(B(O)O)cc(C(F)(F)F)c1F. The van der Waals surface area contributed by atoms with E-state index in [0.29, 0.717) is 0 Å². The molecule has 0 bridgehead atoms. The first kappa shape index (κ1) is 25.6. The Bertz CT molecular complexity index is 742. The highest BCUT2D eigenvalue weighted by Crippen LogP contribution is 2.36. The smallest absolute Gasteiger partial charge is 0.491 e. The highest BCUT2D eigenvalue weighted by atomic mass is 32.2. The van der Waals surface area contributed by atoms with Gasteiger partial charge in [-0.1, -0.05) is 0 Å². The van der Waals surface area contributed by atoms with Gasteiger partial charge in [-0.2, -0.15) is 13.2 Å². The molecule has 0 fully saturated rings. The Labute approximate surface area is 167 Å². The van der Waals surface area contributed by atoms with Crippen LogP contribution in [0.25, 0.3) is 0 Å². The van der Waals surface area contributed by atoms with E-state index in [2.05, 4.69) is 9.46 Å². The Morgan fingerprint density at radius 1 is 1.28 bits per heavy atom. The molecule has 0 aliphatic heterocycles. The molecule has 2 atom stereocenters. The number of hydrogen-bond acceptors (Lipinski definition) is 6. The minimum absolute atomic E-state index is 0.0685. The zero-order valence-corrected chi connectivity index (χ0v) is 16.9. The number of rotatable bonds is 7. The highest BCUT2D eigenvalue weighted by molar-refractivity contribution is 7.90. The lowest BCUT2D eigenvalue weighted by atomic mass is 9.76. The average Bonchev–Trinajstić information content (AvgIpc) is 2.52. The van der Waals surface area contributed by atoms with Crippen molar-refractivity contribution < 1.29 is 46.1 Å². The Hall–Kier alpha value is -1.41. The molecule has 0 heterocycles. The van der Waals surface area contributed by atoms with Crippen molar-refractivity contribution in [3.05, 3.63) is 28.8 Å². The van der Waals surface area contributed by atoms with Crippen molar-refractivity contribution in [2.75, 3.05) is 6.61 Å². The Morgan fingerprint density at radius 2 is 1.83 bits per heavy atom. The van der Waals surface area contributed by atoms with Crippen molar-refractivity contribution in [1.82, 2.24) is 4.72 Å². The predicted molar refractivity (Wildman–Crippen MR) is 96.2 cm³/mol. The normalized spacial score (nSPS) is 14.5. The molecule has 0 spiro atoms. The topological polar surface area (TPSA) is 102 Å². The van der Waals surface area contributed by atoms with E-state index in [1.54, 1.807) is 0 Å². The molecule has 0 aliphatic carbocycles. The zero-order valence-electron chi connectivity index (χ0n) is 16.1. The molecule has 1 aromatic carbocycles. The van der Waals surface area contributed by atoms with Crippen LogP contribution in [0.5, 0.6) is 0 Å². The summed E-state index contributed by atoms with van der Waals surface area (Å²) >= 11 is -2.05. The maximum absolute atomic E-state index is 14.8. The third kappa shape index (κ3) is 6.54. The molecule has 0 amide bonds. The number of alkyl halides is 3. The minimum atomic E-state index is -5.30. The van der Waals surface area contributed by atoms with Crippen LogP contribution in [-0.4, -0.2) is 39.0 Å². The Morgan fingerprint density at radius 3 is 2.24 bits per heavy atom. The van der Waals surface area contributed by atoms with Gasteiger partial charge in [-0.25, -0.2) is 8.78 Å². The fourth-order valence-corrected chi connectivity index (χ4v) is 3.09. The molecule has 0 radical (unpaired) electrons. The van der Waals surface area contributed by atoms with Crippen LogP contribution in [-0.2, 0) is 27.1 Å². The number of nitrogens with one attached hydrogen (secondary N) is 1. The summed E-state index contributed by atoms with van der Waals surface area (Å²) in [6, 6.07) is -1.91. The number of halogens is 5. The molecule has 0 aromatic heterocycles. The Kier molecular flexibility index (Phi) is 8.49. The molecule has 164 valence electrons. The summed E-state index contributed by atoms with van der Waals surface area (Å²) in [6.07, 6.45) is -6.15.